The molecule has 1 aliphatic heterocycles. The summed E-state index contributed by atoms with van der Waals surface area (Å²) in [6, 6.07) is 8.02. The molecule has 1 N–H and O–H groups in total. The number of nitrogens with one attached hydrogen (secondary N) is 1. The van der Waals surface area contributed by atoms with Crippen molar-refractivity contribution in [3.05, 3.63) is 24.3 Å². The van der Waals surface area contributed by atoms with Gasteiger partial charge in [-0.05, 0) is 37.1 Å². The van der Waals surface area contributed by atoms with Crippen LogP contribution in [0.25, 0.3) is 0 Å². The molecule has 6 heteroatoms. The first kappa shape index (κ1) is 19.5. The minimum absolute atomic E-state index is 0.0568. The lowest BCUT2D eigenvalue weighted by molar-refractivity contribution is -0.135. The number of hydrogen-bond acceptors (Lipinski definition) is 4. The predicted molar refractivity (Wildman–Crippen MR) is 106 cm³/mol. The molecule has 2 aliphatic rings. The Morgan fingerprint density at radius 3 is 2.41 bits per heavy atom. The summed E-state index contributed by atoms with van der Waals surface area (Å²) in [6.45, 7) is 5.94. The molecule has 6 nitrogen and oxygen atoms in total. The number of anilines is 1. The third kappa shape index (κ3) is 4.93. The summed E-state index contributed by atoms with van der Waals surface area (Å²) in [5.41, 5.74) is 1.15. The van der Waals surface area contributed by atoms with Gasteiger partial charge in [0.15, 0.2) is 0 Å². The number of amides is 2. The minimum Gasteiger partial charge on any atom is -0.497 e. The van der Waals surface area contributed by atoms with Crippen molar-refractivity contribution in [3.63, 3.8) is 0 Å². The third-order valence-electron chi connectivity index (χ3n) is 5.55. The van der Waals surface area contributed by atoms with Crippen LogP contribution in [-0.2, 0) is 9.59 Å². The molecule has 1 aliphatic carbocycles. The lowest BCUT2D eigenvalue weighted by atomic mass is 10.2. The first-order valence-corrected chi connectivity index (χ1v) is 10.1. The molecule has 1 heterocycles. The van der Waals surface area contributed by atoms with Crippen molar-refractivity contribution in [1.82, 2.24) is 10.2 Å². The summed E-state index contributed by atoms with van der Waals surface area (Å²) in [7, 11) is 1.66. The van der Waals surface area contributed by atoms with Crippen LogP contribution in [0.1, 0.15) is 32.6 Å². The van der Waals surface area contributed by atoms with Gasteiger partial charge in [0.1, 0.15) is 5.75 Å². The number of nitrogens with zero attached hydrogens (tertiary/aromatic N) is 2. The van der Waals surface area contributed by atoms with Gasteiger partial charge in [-0.3, -0.25) is 9.59 Å². The molecule has 2 atom stereocenters. The zero-order chi connectivity index (χ0) is 19.2. The fraction of sp³-hybridized carbons (Fsp3) is 0.619. The molecule has 2 unspecified atom stereocenters. The zero-order valence-corrected chi connectivity index (χ0v) is 16.4. The first-order valence-electron chi connectivity index (χ1n) is 10.1. The maximum atomic E-state index is 12.7. The molecular weight excluding hydrogens is 342 g/mol. The van der Waals surface area contributed by atoms with E-state index in [9.17, 15) is 9.59 Å². The van der Waals surface area contributed by atoms with Gasteiger partial charge in [0, 0.05) is 38.4 Å². The summed E-state index contributed by atoms with van der Waals surface area (Å²) >= 11 is 0. The van der Waals surface area contributed by atoms with E-state index in [1.54, 1.807) is 7.11 Å². The van der Waals surface area contributed by atoms with Crippen LogP contribution in [0.3, 0.4) is 0 Å². The number of methoxy groups -OCH3 is 1. The average molecular weight is 373 g/mol. The van der Waals surface area contributed by atoms with E-state index in [2.05, 4.69) is 29.3 Å². The summed E-state index contributed by atoms with van der Waals surface area (Å²) in [4.78, 5) is 29.1. The standard InChI is InChI=1S/C21H31N3O3/c1-3-4-5-10-22-20(25)18-15-19(18)21(26)24-13-11-23(12-14-24)16-6-8-17(27-2)9-7-16/h6-9,18-19H,3-5,10-15H2,1-2H3,(H,22,25). The molecule has 148 valence electrons. The van der Waals surface area contributed by atoms with E-state index in [0.29, 0.717) is 19.5 Å². The van der Waals surface area contributed by atoms with Gasteiger partial charge in [0.2, 0.25) is 11.8 Å². The van der Waals surface area contributed by atoms with E-state index in [4.69, 9.17) is 4.74 Å². The largest absolute Gasteiger partial charge is 0.497 e. The lowest BCUT2D eigenvalue weighted by Gasteiger charge is -2.36. The molecule has 1 saturated heterocycles. The molecule has 1 aromatic rings. The molecule has 0 aromatic heterocycles. The van der Waals surface area contributed by atoms with Crippen LogP contribution >= 0.6 is 0 Å². The van der Waals surface area contributed by atoms with Crippen LogP contribution in [-0.4, -0.2) is 56.5 Å². The summed E-state index contributed by atoms with van der Waals surface area (Å²) in [5, 5.41) is 2.98. The Balaban J connectivity index is 1.42. The van der Waals surface area contributed by atoms with E-state index in [-0.39, 0.29) is 23.7 Å². The first-order chi connectivity index (χ1) is 13.1. The number of rotatable bonds is 8. The maximum Gasteiger partial charge on any atom is 0.226 e. The molecule has 1 aromatic carbocycles. The van der Waals surface area contributed by atoms with Crippen LogP contribution in [0, 0.1) is 11.8 Å². The Morgan fingerprint density at radius 2 is 1.78 bits per heavy atom. The van der Waals surface area contributed by atoms with Gasteiger partial charge in [0.25, 0.3) is 0 Å². The van der Waals surface area contributed by atoms with Crippen molar-refractivity contribution in [2.24, 2.45) is 11.8 Å². The molecule has 0 radical (unpaired) electrons. The quantitative estimate of drug-likeness (QED) is 0.710. The third-order valence-corrected chi connectivity index (χ3v) is 5.55. The number of carbonyl (C=O) groups is 2. The van der Waals surface area contributed by atoms with Gasteiger partial charge in [-0.1, -0.05) is 19.8 Å². The number of ether oxygens (including phenoxy) is 1. The highest BCUT2D eigenvalue weighted by molar-refractivity contribution is 5.92. The summed E-state index contributed by atoms with van der Waals surface area (Å²) < 4.78 is 5.20. The second kappa shape index (κ2) is 9.11. The molecule has 1 saturated carbocycles. The second-order valence-corrected chi connectivity index (χ2v) is 7.46. The van der Waals surface area contributed by atoms with Crippen LogP contribution in [0.2, 0.25) is 0 Å². The van der Waals surface area contributed by atoms with Crippen LogP contribution in [0.5, 0.6) is 5.75 Å². The Kier molecular flexibility index (Phi) is 6.58. The Bertz CT molecular complexity index is 639. The number of piperazine rings is 1. The molecule has 2 amide bonds. The molecule has 0 spiro atoms. The van der Waals surface area contributed by atoms with Crippen LogP contribution in [0.15, 0.2) is 24.3 Å². The van der Waals surface area contributed by atoms with Gasteiger partial charge in [-0.2, -0.15) is 0 Å². The van der Waals surface area contributed by atoms with E-state index in [1.807, 2.05) is 17.0 Å². The van der Waals surface area contributed by atoms with Gasteiger partial charge < -0.3 is 19.9 Å². The van der Waals surface area contributed by atoms with E-state index < -0.39 is 0 Å². The minimum atomic E-state index is -0.112. The Labute approximate surface area is 161 Å². The number of unbranched alkanes of at least 4 members (excludes halogenated alkanes) is 2. The Hall–Kier alpha value is -2.24. The van der Waals surface area contributed by atoms with Crippen molar-refractivity contribution in [1.29, 1.82) is 0 Å². The molecule has 27 heavy (non-hydrogen) atoms. The fourth-order valence-corrected chi connectivity index (χ4v) is 3.69. The van der Waals surface area contributed by atoms with Crippen molar-refractivity contribution in [2.75, 3.05) is 44.7 Å². The lowest BCUT2D eigenvalue weighted by Crippen LogP contribution is -2.49. The van der Waals surface area contributed by atoms with Gasteiger partial charge >= 0.3 is 0 Å². The molecule has 2 fully saturated rings. The summed E-state index contributed by atoms with van der Waals surface area (Å²) in [5.74, 6) is 0.835. The van der Waals surface area contributed by atoms with E-state index in [1.165, 1.54) is 0 Å². The van der Waals surface area contributed by atoms with Crippen molar-refractivity contribution in [3.8, 4) is 5.75 Å². The average Bonchev–Trinajstić information content (AvgIpc) is 3.52. The second-order valence-electron chi connectivity index (χ2n) is 7.46. The SMILES string of the molecule is CCCCCNC(=O)C1CC1C(=O)N1CCN(c2ccc(OC)cc2)CC1. The molecule has 3 rings (SSSR count). The van der Waals surface area contributed by atoms with Crippen molar-refractivity contribution < 1.29 is 14.3 Å². The maximum absolute atomic E-state index is 12.7. The van der Waals surface area contributed by atoms with Gasteiger partial charge in [-0.15, -0.1) is 0 Å². The van der Waals surface area contributed by atoms with E-state index in [0.717, 1.165) is 50.3 Å². The fourth-order valence-electron chi connectivity index (χ4n) is 3.69. The highest BCUT2D eigenvalue weighted by atomic mass is 16.5. The molecule has 0 bridgehead atoms. The van der Waals surface area contributed by atoms with Gasteiger partial charge in [-0.25, -0.2) is 0 Å². The number of carbonyl (C=O) groups excluding carboxylic acids is 2. The highest BCUT2D eigenvalue weighted by Crippen LogP contribution is 2.40. The van der Waals surface area contributed by atoms with Crippen LogP contribution in [0.4, 0.5) is 5.69 Å². The monoisotopic (exact) mass is 373 g/mol. The van der Waals surface area contributed by atoms with Gasteiger partial charge in [0.05, 0.1) is 18.9 Å². The topological polar surface area (TPSA) is 61.9 Å². The van der Waals surface area contributed by atoms with Crippen LogP contribution < -0.4 is 15.0 Å². The molecular formula is C21H31N3O3. The normalized spacial score (nSPS) is 21.7. The number of hydrogen-bond donors (Lipinski definition) is 1. The predicted octanol–water partition coefficient (Wildman–Crippen LogP) is 2.29. The highest BCUT2D eigenvalue weighted by Gasteiger charge is 2.49. The van der Waals surface area contributed by atoms with Crippen molar-refractivity contribution >= 4 is 17.5 Å². The van der Waals surface area contributed by atoms with Crippen molar-refractivity contribution in [2.45, 2.75) is 32.6 Å². The number of benzene rings is 1. The van der Waals surface area contributed by atoms with E-state index >= 15 is 0 Å². The Morgan fingerprint density at radius 1 is 1.07 bits per heavy atom. The smallest absolute Gasteiger partial charge is 0.226 e. The summed E-state index contributed by atoms with van der Waals surface area (Å²) in [6.07, 6.45) is 3.99. The zero-order valence-electron chi connectivity index (χ0n) is 16.4.